The van der Waals surface area contributed by atoms with Gasteiger partial charge in [0, 0.05) is 30.2 Å². The molecule has 2 aromatic rings. The van der Waals surface area contributed by atoms with Crippen LogP contribution in [0.5, 0.6) is 0 Å². The minimum absolute atomic E-state index is 0.0847. The number of esters is 1. The molecule has 156 valence electrons. The lowest BCUT2D eigenvalue weighted by molar-refractivity contribution is 0.0520. The predicted octanol–water partition coefficient (Wildman–Crippen LogP) is 2.45. The third-order valence-electron chi connectivity index (χ3n) is 4.57. The van der Waals surface area contributed by atoms with Gasteiger partial charge in [-0.25, -0.2) is 13.2 Å². The molecule has 0 saturated carbocycles. The standard InChI is InChI=1S/C18H22N4O5S2/c1-3-27-18(24)15-17(28-21-20-15)19-16(23)13-8-7-12(2)14(11-13)29(25,26)22-9-5-4-6-10-22/h7-8,11H,3-6,9-10H2,1-2H3,(H,19,23). The zero-order chi connectivity index (χ0) is 21.0. The van der Waals surface area contributed by atoms with Gasteiger partial charge in [0.15, 0.2) is 5.00 Å². The summed E-state index contributed by atoms with van der Waals surface area (Å²) in [6.45, 7) is 4.48. The van der Waals surface area contributed by atoms with Gasteiger partial charge in [-0.15, -0.1) is 5.10 Å². The Labute approximate surface area is 173 Å². The quantitative estimate of drug-likeness (QED) is 0.688. The number of sulfonamides is 1. The molecule has 2 heterocycles. The Bertz CT molecular complexity index is 1010. The van der Waals surface area contributed by atoms with Gasteiger partial charge in [-0.05, 0) is 44.4 Å². The number of hydrogen-bond donors (Lipinski definition) is 1. The maximum atomic E-state index is 13.0. The van der Waals surface area contributed by atoms with E-state index in [1.54, 1.807) is 26.0 Å². The molecule has 9 nitrogen and oxygen atoms in total. The van der Waals surface area contributed by atoms with Crippen molar-refractivity contribution in [2.45, 2.75) is 38.0 Å². The van der Waals surface area contributed by atoms with Crippen molar-refractivity contribution < 1.29 is 22.7 Å². The monoisotopic (exact) mass is 438 g/mol. The minimum atomic E-state index is -3.68. The Morgan fingerprint density at radius 1 is 1.24 bits per heavy atom. The lowest BCUT2D eigenvalue weighted by Crippen LogP contribution is -2.36. The van der Waals surface area contributed by atoms with Crippen LogP contribution in [0, 0.1) is 6.92 Å². The minimum Gasteiger partial charge on any atom is -0.461 e. The second-order valence-corrected chi connectivity index (χ2v) is 9.23. The number of rotatable bonds is 6. The Morgan fingerprint density at radius 2 is 1.97 bits per heavy atom. The van der Waals surface area contributed by atoms with E-state index in [9.17, 15) is 18.0 Å². The predicted molar refractivity (Wildman–Crippen MR) is 108 cm³/mol. The van der Waals surface area contributed by atoms with Crippen LogP contribution in [0.4, 0.5) is 5.00 Å². The van der Waals surface area contributed by atoms with E-state index in [1.165, 1.54) is 10.4 Å². The van der Waals surface area contributed by atoms with Gasteiger partial charge >= 0.3 is 5.97 Å². The first-order valence-corrected chi connectivity index (χ1v) is 11.5. The van der Waals surface area contributed by atoms with Gasteiger partial charge in [-0.3, -0.25) is 4.79 Å². The first-order valence-electron chi connectivity index (χ1n) is 9.26. The molecule has 0 atom stereocenters. The maximum Gasteiger partial charge on any atom is 0.362 e. The summed E-state index contributed by atoms with van der Waals surface area (Å²) in [7, 11) is -3.68. The zero-order valence-corrected chi connectivity index (χ0v) is 17.8. The van der Waals surface area contributed by atoms with Gasteiger partial charge in [0.1, 0.15) is 0 Å². The van der Waals surface area contributed by atoms with Crippen LogP contribution in [0.25, 0.3) is 0 Å². The summed E-state index contributed by atoms with van der Waals surface area (Å²) in [6.07, 6.45) is 2.67. The van der Waals surface area contributed by atoms with E-state index in [-0.39, 0.29) is 27.8 Å². The number of amides is 1. The summed E-state index contributed by atoms with van der Waals surface area (Å²) in [6, 6.07) is 4.51. The van der Waals surface area contributed by atoms with Crippen molar-refractivity contribution in [2.24, 2.45) is 0 Å². The summed E-state index contributed by atoms with van der Waals surface area (Å²) in [5, 5.41) is 6.41. The average Bonchev–Trinajstić information content (AvgIpc) is 3.17. The molecule has 0 spiro atoms. The molecule has 29 heavy (non-hydrogen) atoms. The fourth-order valence-corrected chi connectivity index (χ4v) is 5.37. The van der Waals surface area contributed by atoms with Gasteiger partial charge in [-0.1, -0.05) is 17.0 Å². The van der Waals surface area contributed by atoms with E-state index >= 15 is 0 Å². The molecule has 1 fully saturated rings. The number of hydrogen-bond acceptors (Lipinski definition) is 8. The summed E-state index contributed by atoms with van der Waals surface area (Å²) in [4.78, 5) is 24.7. The van der Waals surface area contributed by atoms with E-state index in [4.69, 9.17) is 4.74 Å². The maximum absolute atomic E-state index is 13.0. The third kappa shape index (κ3) is 4.62. The number of benzene rings is 1. The van der Waals surface area contributed by atoms with Crippen LogP contribution in [-0.2, 0) is 14.8 Å². The molecular weight excluding hydrogens is 416 g/mol. The molecule has 0 unspecified atom stereocenters. The van der Waals surface area contributed by atoms with Crippen molar-refractivity contribution in [1.82, 2.24) is 13.9 Å². The molecule has 0 radical (unpaired) electrons. The molecule has 1 aromatic heterocycles. The number of aryl methyl sites for hydroxylation is 1. The van der Waals surface area contributed by atoms with Crippen molar-refractivity contribution in [2.75, 3.05) is 25.0 Å². The number of nitrogens with zero attached hydrogens (tertiary/aromatic N) is 3. The lowest BCUT2D eigenvalue weighted by atomic mass is 10.1. The highest BCUT2D eigenvalue weighted by Crippen LogP contribution is 2.25. The van der Waals surface area contributed by atoms with Gasteiger partial charge in [-0.2, -0.15) is 4.31 Å². The Kier molecular flexibility index (Phi) is 6.60. The first kappa shape index (κ1) is 21.3. The van der Waals surface area contributed by atoms with Gasteiger partial charge in [0.05, 0.1) is 11.5 Å². The van der Waals surface area contributed by atoms with Crippen LogP contribution in [0.3, 0.4) is 0 Å². The van der Waals surface area contributed by atoms with Crippen molar-refractivity contribution in [3.63, 3.8) is 0 Å². The summed E-state index contributed by atoms with van der Waals surface area (Å²) in [5.74, 6) is -1.24. The molecule has 1 aliphatic heterocycles. The number of aromatic nitrogens is 2. The van der Waals surface area contributed by atoms with Crippen molar-refractivity contribution in [1.29, 1.82) is 0 Å². The van der Waals surface area contributed by atoms with Crippen LogP contribution in [0.1, 0.15) is 52.6 Å². The smallest absolute Gasteiger partial charge is 0.362 e. The number of piperidine rings is 1. The normalized spacial score (nSPS) is 15.1. The van der Waals surface area contributed by atoms with Crippen molar-refractivity contribution in [3.8, 4) is 0 Å². The second kappa shape index (κ2) is 8.97. The zero-order valence-electron chi connectivity index (χ0n) is 16.2. The molecule has 0 bridgehead atoms. The van der Waals surface area contributed by atoms with Crippen LogP contribution in [0.15, 0.2) is 23.1 Å². The van der Waals surface area contributed by atoms with E-state index in [0.29, 0.717) is 18.7 Å². The largest absolute Gasteiger partial charge is 0.461 e. The lowest BCUT2D eigenvalue weighted by Gasteiger charge is -2.26. The van der Waals surface area contributed by atoms with E-state index in [1.807, 2.05) is 0 Å². The molecule has 3 rings (SSSR count). The third-order valence-corrected chi connectivity index (χ3v) is 7.25. The molecule has 1 aliphatic rings. The average molecular weight is 439 g/mol. The highest BCUT2D eigenvalue weighted by molar-refractivity contribution is 7.89. The Balaban J connectivity index is 1.85. The summed E-state index contributed by atoms with van der Waals surface area (Å²) in [5.41, 5.74) is 0.645. The Hall–Kier alpha value is -2.37. The molecule has 1 N–H and O–H groups in total. The molecule has 0 aliphatic carbocycles. The highest BCUT2D eigenvalue weighted by Gasteiger charge is 2.28. The molecule has 1 saturated heterocycles. The SMILES string of the molecule is CCOC(=O)c1nnsc1NC(=O)c1ccc(C)c(S(=O)(=O)N2CCCCC2)c1. The van der Waals surface area contributed by atoms with Gasteiger partial charge in [0.25, 0.3) is 5.91 Å². The number of nitrogens with one attached hydrogen (secondary N) is 1. The fraction of sp³-hybridized carbons (Fsp3) is 0.444. The number of anilines is 1. The van der Waals surface area contributed by atoms with E-state index in [0.717, 1.165) is 30.8 Å². The second-order valence-electron chi connectivity index (χ2n) is 6.57. The van der Waals surface area contributed by atoms with Crippen LogP contribution in [0.2, 0.25) is 0 Å². The Morgan fingerprint density at radius 3 is 2.66 bits per heavy atom. The first-order chi connectivity index (χ1) is 13.8. The van der Waals surface area contributed by atoms with Crippen LogP contribution >= 0.6 is 11.5 Å². The molecule has 11 heteroatoms. The van der Waals surface area contributed by atoms with Gasteiger partial charge < -0.3 is 10.1 Å². The number of ether oxygens (including phenoxy) is 1. The molecular formula is C18H22N4O5S2. The molecule has 1 aromatic carbocycles. The van der Waals surface area contributed by atoms with E-state index < -0.39 is 21.9 Å². The van der Waals surface area contributed by atoms with Gasteiger partial charge in [0.2, 0.25) is 15.7 Å². The van der Waals surface area contributed by atoms with Crippen LogP contribution < -0.4 is 5.32 Å². The topological polar surface area (TPSA) is 119 Å². The summed E-state index contributed by atoms with van der Waals surface area (Å²) >= 11 is 0.842. The summed E-state index contributed by atoms with van der Waals surface area (Å²) < 4.78 is 36.1. The number of carbonyl (C=O) groups excluding carboxylic acids is 2. The van der Waals surface area contributed by atoms with Crippen LogP contribution in [-0.4, -0.2) is 53.9 Å². The molecule has 1 amide bonds. The fourth-order valence-electron chi connectivity index (χ4n) is 3.04. The van der Waals surface area contributed by atoms with E-state index in [2.05, 4.69) is 14.9 Å². The van der Waals surface area contributed by atoms with Crippen molar-refractivity contribution >= 4 is 38.4 Å². The number of carbonyl (C=O) groups is 2. The van der Waals surface area contributed by atoms with Crippen molar-refractivity contribution in [3.05, 3.63) is 35.0 Å². The highest BCUT2D eigenvalue weighted by atomic mass is 32.2.